The minimum absolute atomic E-state index is 0.441. The van der Waals surface area contributed by atoms with Gasteiger partial charge in [0.15, 0.2) is 0 Å². The van der Waals surface area contributed by atoms with Gasteiger partial charge in [-0.25, -0.2) is 4.79 Å². The third-order valence-corrected chi connectivity index (χ3v) is 4.61. The van der Waals surface area contributed by atoms with Gasteiger partial charge in [0.05, 0.1) is 0 Å². The second kappa shape index (κ2) is 5.48. The van der Waals surface area contributed by atoms with Crippen molar-refractivity contribution < 1.29 is 14.6 Å². The Morgan fingerprint density at radius 2 is 1.77 bits per heavy atom. The third kappa shape index (κ3) is 2.27. The number of carboxylic acids is 1. The molecule has 0 atom stereocenters. The predicted octanol–water partition coefficient (Wildman–Crippen LogP) is 4.28. The van der Waals surface area contributed by atoms with Gasteiger partial charge in [-0.2, -0.15) is 0 Å². The fourth-order valence-corrected chi connectivity index (χ4v) is 3.15. The quantitative estimate of drug-likeness (QED) is 0.764. The van der Waals surface area contributed by atoms with Crippen LogP contribution in [0.25, 0.3) is 11.1 Å². The SMILES string of the molecule is CCC(CC)(Oc1ccc2c(c1)Cc1ccccc1-2)C(=O)O. The highest BCUT2D eigenvalue weighted by molar-refractivity contribution is 5.79. The zero-order valence-electron chi connectivity index (χ0n) is 12.9. The Labute approximate surface area is 130 Å². The normalized spacial score (nSPS) is 12.6. The van der Waals surface area contributed by atoms with E-state index in [1.54, 1.807) is 0 Å². The first-order chi connectivity index (χ1) is 10.6. The Hall–Kier alpha value is -2.29. The van der Waals surface area contributed by atoms with Crippen LogP contribution in [0.1, 0.15) is 37.8 Å². The lowest BCUT2D eigenvalue weighted by atomic mass is 9.97. The van der Waals surface area contributed by atoms with Crippen molar-refractivity contribution in [1.29, 1.82) is 0 Å². The summed E-state index contributed by atoms with van der Waals surface area (Å²) in [7, 11) is 0. The number of carboxylic acid groups (broad SMARTS) is 1. The molecule has 22 heavy (non-hydrogen) atoms. The standard InChI is InChI=1S/C19H20O3/c1-3-19(4-2,18(20)21)22-15-9-10-17-14(12-15)11-13-7-5-6-8-16(13)17/h5-10,12H,3-4,11H2,1-2H3,(H,20,21). The maximum atomic E-state index is 11.6. The Bertz CT molecular complexity index is 714. The first-order valence-electron chi connectivity index (χ1n) is 7.73. The van der Waals surface area contributed by atoms with Gasteiger partial charge in [0, 0.05) is 0 Å². The zero-order valence-corrected chi connectivity index (χ0v) is 12.9. The van der Waals surface area contributed by atoms with Crippen molar-refractivity contribution >= 4 is 5.97 Å². The fraction of sp³-hybridized carbons (Fsp3) is 0.316. The van der Waals surface area contributed by atoms with Crippen LogP contribution in [0.2, 0.25) is 0 Å². The molecule has 0 aliphatic heterocycles. The zero-order chi connectivity index (χ0) is 15.7. The van der Waals surface area contributed by atoms with E-state index >= 15 is 0 Å². The minimum atomic E-state index is -1.14. The molecule has 3 nitrogen and oxygen atoms in total. The van der Waals surface area contributed by atoms with E-state index in [2.05, 4.69) is 12.1 Å². The Morgan fingerprint density at radius 1 is 1.09 bits per heavy atom. The van der Waals surface area contributed by atoms with Crippen molar-refractivity contribution in [2.45, 2.75) is 38.7 Å². The predicted molar refractivity (Wildman–Crippen MR) is 86.3 cm³/mol. The van der Waals surface area contributed by atoms with E-state index in [0.29, 0.717) is 18.6 Å². The van der Waals surface area contributed by atoms with E-state index in [1.807, 2.05) is 44.2 Å². The average molecular weight is 296 g/mol. The summed E-state index contributed by atoms with van der Waals surface area (Å²) in [6, 6.07) is 14.3. The highest BCUT2D eigenvalue weighted by atomic mass is 16.5. The molecule has 114 valence electrons. The second-order valence-corrected chi connectivity index (χ2v) is 5.76. The monoisotopic (exact) mass is 296 g/mol. The molecule has 3 heteroatoms. The maximum Gasteiger partial charge on any atom is 0.348 e. The summed E-state index contributed by atoms with van der Waals surface area (Å²) in [6.45, 7) is 3.70. The van der Waals surface area contributed by atoms with Crippen molar-refractivity contribution in [1.82, 2.24) is 0 Å². The van der Waals surface area contributed by atoms with Gasteiger partial charge in [-0.1, -0.05) is 44.2 Å². The molecule has 0 amide bonds. The molecule has 0 heterocycles. The number of carbonyl (C=O) groups is 1. The van der Waals surface area contributed by atoms with Crippen LogP contribution in [-0.4, -0.2) is 16.7 Å². The lowest BCUT2D eigenvalue weighted by Gasteiger charge is -2.28. The molecular formula is C19H20O3. The minimum Gasteiger partial charge on any atom is -0.478 e. The van der Waals surface area contributed by atoms with Gasteiger partial charge in [-0.3, -0.25) is 0 Å². The molecular weight excluding hydrogens is 276 g/mol. The van der Waals surface area contributed by atoms with Crippen LogP contribution in [0.5, 0.6) is 5.75 Å². The molecule has 2 aromatic rings. The average Bonchev–Trinajstić information content (AvgIpc) is 2.90. The molecule has 1 N–H and O–H groups in total. The Kier molecular flexibility index (Phi) is 3.65. The topological polar surface area (TPSA) is 46.5 Å². The molecule has 0 saturated heterocycles. The van der Waals surface area contributed by atoms with E-state index in [0.717, 1.165) is 6.42 Å². The molecule has 2 aromatic carbocycles. The number of benzene rings is 2. The number of aliphatic carboxylic acids is 1. The molecule has 1 aliphatic carbocycles. The third-order valence-electron chi connectivity index (χ3n) is 4.61. The Morgan fingerprint density at radius 3 is 2.45 bits per heavy atom. The number of rotatable bonds is 5. The highest BCUT2D eigenvalue weighted by Gasteiger charge is 2.37. The van der Waals surface area contributed by atoms with E-state index in [-0.39, 0.29) is 0 Å². The van der Waals surface area contributed by atoms with Gasteiger partial charge >= 0.3 is 5.97 Å². The lowest BCUT2D eigenvalue weighted by molar-refractivity contribution is -0.156. The summed E-state index contributed by atoms with van der Waals surface area (Å²) in [4.78, 5) is 11.6. The molecule has 0 spiro atoms. The number of ether oxygens (including phenoxy) is 1. The van der Waals surface area contributed by atoms with Crippen LogP contribution < -0.4 is 4.74 Å². The summed E-state index contributed by atoms with van der Waals surface area (Å²) >= 11 is 0. The molecule has 0 bridgehead atoms. The van der Waals surface area contributed by atoms with Crippen LogP contribution in [0, 0.1) is 0 Å². The van der Waals surface area contributed by atoms with Crippen molar-refractivity contribution in [2.24, 2.45) is 0 Å². The molecule has 0 radical (unpaired) electrons. The molecule has 0 aromatic heterocycles. The molecule has 0 fully saturated rings. The van der Waals surface area contributed by atoms with Crippen LogP contribution in [0.15, 0.2) is 42.5 Å². The lowest BCUT2D eigenvalue weighted by Crippen LogP contribution is -2.43. The van der Waals surface area contributed by atoms with Crippen molar-refractivity contribution in [2.75, 3.05) is 0 Å². The van der Waals surface area contributed by atoms with Gasteiger partial charge in [0.25, 0.3) is 0 Å². The second-order valence-electron chi connectivity index (χ2n) is 5.76. The molecule has 1 aliphatic rings. The summed E-state index contributed by atoms with van der Waals surface area (Å²) < 4.78 is 5.89. The maximum absolute atomic E-state index is 11.6. The van der Waals surface area contributed by atoms with Gasteiger partial charge in [-0.15, -0.1) is 0 Å². The van der Waals surface area contributed by atoms with Gasteiger partial charge in [0.2, 0.25) is 5.60 Å². The van der Waals surface area contributed by atoms with Crippen molar-refractivity contribution in [3.8, 4) is 16.9 Å². The van der Waals surface area contributed by atoms with E-state index in [4.69, 9.17) is 4.74 Å². The number of fused-ring (bicyclic) bond motifs is 3. The first-order valence-corrected chi connectivity index (χ1v) is 7.73. The summed E-state index contributed by atoms with van der Waals surface area (Å²) in [5.41, 5.74) is 3.85. The van der Waals surface area contributed by atoms with Gasteiger partial charge < -0.3 is 9.84 Å². The number of hydrogen-bond donors (Lipinski definition) is 1. The molecule has 3 rings (SSSR count). The van der Waals surface area contributed by atoms with Crippen molar-refractivity contribution in [3.05, 3.63) is 53.6 Å². The first kappa shape index (κ1) is 14.6. The smallest absolute Gasteiger partial charge is 0.348 e. The largest absolute Gasteiger partial charge is 0.478 e. The molecule has 0 unspecified atom stereocenters. The fourth-order valence-electron chi connectivity index (χ4n) is 3.15. The summed E-state index contributed by atoms with van der Waals surface area (Å²) in [5, 5.41) is 9.50. The Balaban J connectivity index is 1.93. The summed E-state index contributed by atoms with van der Waals surface area (Å²) in [5.74, 6) is -0.265. The van der Waals surface area contributed by atoms with Crippen LogP contribution >= 0.6 is 0 Å². The van der Waals surface area contributed by atoms with Crippen LogP contribution in [-0.2, 0) is 11.2 Å². The highest BCUT2D eigenvalue weighted by Crippen LogP contribution is 2.39. The van der Waals surface area contributed by atoms with Crippen LogP contribution in [0.3, 0.4) is 0 Å². The van der Waals surface area contributed by atoms with E-state index < -0.39 is 11.6 Å². The van der Waals surface area contributed by atoms with Crippen molar-refractivity contribution in [3.63, 3.8) is 0 Å². The van der Waals surface area contributed by atoms with E-state index in [9.17, 15) is 9.90 Å². The van der Waals surface area contributed by atoms with Gasteiger partial charge in [0.1, 0.15) is 5.75 Å². The number of hydrogen-bond acceptors (Lipinski definition) is 2. The van der Waals surface area contributed by atoms with Crippen LogP contribution in [0.4, 0.5) is 0 Å². The van der Waals surface area contributed by atoms with Gasteiger partial charge in [-0.05, 0) is 53.6 Å². The summed E-state index contributed by atoms with van der Waals surface area (Å²) in [6.07, 6.45) is 1.76. The van der Waals surface area contributed by atoms with E-state index in [1.165, 1.54) is 22.3 Å². The molecule has 0 saturated carbocycles.